The van der Waals surface area contributed by atoms with Crippen molar-refractivity contribution >= 4 is 79.4 Å². The van der Waals surface area contributed by atoms with E-state index in [1.165, 1.54) is 14.2 Å². The molecular formula is C46H36N6O8. The zero-order valence-electron chi connectivity index (χ0n) is 32.7. The summed E-state index contributed by atoms with van der Waals surface area (Å²) in [4.78, 5) is 51.3. The van der Waals surface area contributed by atoms with Gasteiger partial charge in [-0.2, -0.15) is 10.2 Å². The molecule has 0 aliphatic rings. The molecule has 0 saturated carbocycles. The summed E-state index contributed by atoms with van der Waals surface area (Å²) >= 11 is 0. The minimum Gasteiger partial charge on any atom is -0.505 e. The first kappa shape index (κ1) is 40.0. The maximum atomic E-state index is 13.8. The number of esters is 2. The summed E-state index contributed by atoms with van der Waals surface area (Å²) in [6, 6.07) is 33.2. The molecule has 0 bridgehead atoms. The Labute approximate surface area is 342 Å². The number of phenols is 2. The van der Waals surface area contributed by atoms with Crippen molar-refractivity contribution in [2.75, 3.05) is 24.9 Å². The second-order valence-corrected chi connectivity index (χ2v) is 13.6. The Kier molecular flexibility index (Phi) is 11.4. The quantitative estimate of drug-likeness (QED) is 0.0772. The van der Waals surface area contributed by atoms with Gasteiger partial charge in [0, 0.05) is 22.1 Å². The van der Waals surface area contributed by atoms with Crippen molar-refractivity contribution in [1.82, 2.24) is 0 Å². The number of anilines is 2. The van der Waals surface area contributed by atoms with Crippen molar-refractivity contribution in [3.8, 4) is 11.5 Å². The van der Waals surface area contributed by atoms with E-state index in [2.05, 4.69) is 31.1 Å². The molecule has 0 atom stereocenters. The van der Waals surface area contributed by atoms with Gasteiger partial charge in [-0.15, -0.1) is 10.2 Å². The van der Waals surface area contributed by atoms with Crippen molar-refractivity contribution in [2.45, 2.75) is 13.8 Å². The highest BCUT2D eigenvalue weighted by atomic mass is 16.5. The number of aromatic hydroxyl groups is 2. The number of nitrogens with one attached hydrogen (secondary N) is 2. The van der Waals surface area contributed by atoms with Crippen LogP contribution >= 0.6 is 0 Å². The molecule has 7 rings (SSSR count). The number of nitrogens with zero attached hydrogens (tertiary/aromatic N) is 4. The number of benzene rings is 7. The van der Waals surface area contributed by atoms with E-state index in [9.17, 15) is 29.4 Å². The standard InChI is InChI=1S/C46H36N6O8/c1-25-21-33(47-43(55)36-23-29-9-5-7-11-34(29)39(41(36)53)51-49-31-17-13-27(14-18-31)45(57)59-3)22-26(2)38(25)48-44(56)37-24-30-10-6-8-12-35(30)40(42(37)54)52-50-32-19-15-28(16-20-32)46(58)60-4/h5-24,53-54H,1-4H3,(H,47,55)(H,48,56). The highest BCUT2D eigenvalue weighted by molar-refractivity contribution is 6.13. The number of rotatable bonds is 10. The molecule has 0 aromatic heterocycles. The van der Waals surface area contributed by atoms with Crippen LogP contribution < -0.4 is 10.6 Å². The van der Waals surface area contributed by atoms with Gasteiger partial charge in [0.15, 0.2) is 11.5 Å². The number of hydrogen-bond acceptors (Lipinski definition) is 12. The van der Waals surface area contributed by atoms with Crippen molar-refractivity contribution in [2.24, 2.45) is 20.5 Å². The maximum absolute atomic E-state index is 13.8. The van der Waals surface area contributed by atoms with Crippen molar-refractivity contribution in [3.63, 3.8) is 0 Å². The first-order valence-corrected chi connectivity index (χ1v) is 18.4. The lowest BCUT2D eigenvalue weighted by molar-refractivity contribution is 0.0592. The Morgan fingerprint density at radius 3 is 1.33 bits per heavy atom. The van der Waals surface area contributed by atoms with E-state index in [1.807, 2.05) is 0 Å². The van der Waals surface area contributed by atoms with Gasteiger partial charge in [0.25, 0.3) is 11.8 Å². The number of carbonyl (C=O) groups is 4. The molecule has 7 aromatic carbocycles. The first-order chi connectivity index (χ1) is 28.9. The molecule has 0 aliphatic carbocycles. The van der Waals surface area contributed by atoms with Crippen molar-refractivity contribution < 1.29 is 38.9 Å². The summed E-state index contributed by atoms with van der Waals surface area (Å²) < 4.78 is 9.48. The fourth-order valence-electron chi connectivity index (χ4n) is 6.58. The Morgan fingerprint density at radius 1 is 0.517 bits per heavy atom. The molecule has 7 aromatic rings. The zero-order chi connectivity index (χ0) is 42.5. The largest absolute Gasteiger partial charge is 0.505 e. The summed E-state index contributed by atoms with van der Waals surface area (Å²) in [7, 11) is 2.58. The van der Waals surface area contributed by atoms with Crippen LogP contribution in [0.2, 0.25) is 0 Å². The minimum absolute atomic E-state index is 0.0437. The first-order valence-electron chi connectivity index (χ1n) is 18.4. The number of fused-ring (bicyclic) bond motifs is 2. The number of methoxy groups -OCH3 is 2. The van der Waals surface area contributed by atoms with Crippen LogP contribution in [-0.4, -0.2) is 48.2 Å². The van der Waals surface area contributed by atoms with Gasteiger partial charge < -0.3 is 30.3 Å². The van der Waals surface area contributed by atoms with E-state index in [0.717, 1.165) is 0 Å². The lowest BCUT2D eigenvalue weighted by atomic mass is 10.0. The average molecular weight is 801 g/mol. The lowest BCUT2D eigenvalue weighted by Gasteiger charge is -2.16. The highest BCUT2D eigenvalue weighted by Crippen LogP contribution is 2.41. The molecule has 0 saturated heterocycles. The second kappa shape index (κ2) is 17.1. The normalized spacial score (nSPS) is 11.3. The Bertz CT molecular complexity index is 2880. The molecule has 0 aliphatic heterocycles. The van der Waals surface area contributed by atoms with E-state index in [4.69, 9.17) is 9.47 Å². The van der Waals surface area contributed by atoms with E-state index >= 15 is 0 Å². The third-order valence-corrected chi connectivity index (χ3v) is 9.62. The Balaban J connectivity index is 1.13. The monoisotopic (exact) mass is 800 g/mol. The number of carbonyl (C=O) groups excluding carboxylic acids is 4. The van der Waals surface area contributed by atoms with Gasteiger partial charge in [-0.05, 0) is 109 Å². The van der Waals surface area contributed by atoms with E-state index < -0.39 is 23.8 Å². The van der Waals surface area contributed by atoms with Crippen LogP contribution in [0.3, 0.4) is 0 Å². The Hall–Kier alpha value is -8.26. The van der Waals surface area contributed by atoms with Crippen LogP contribution in [0.5, 0.6) is 11.5 Å². The van der Waals surface area contributed by atoms with Gasteiger partial charge in [-0.25, -0.2) is 9.59 Å². The average Bonchev–Trinajstić information content (AvgIpc) is 3.26. The van der Waals surface area contributed by atoms with E-state index in [-0.39, 0.29) is 34.0 Å². The predicted octanol–water partition coefficient (Wildman–Crippen LogP) is 10.9. The third-order valence-electron chi connectivity index (χ3n) is 9.62. The number of phenolic OH excluding ortho intramolecular Hbond substituents is 2. The van der Waals surface area contributed by atoms with Gasteiger partial charge >= 0.3 is 11.9 Å². The van der Waals surface area contributed by atoms with Crippen LogP contribution in [0.15, 0.2) is 142 Å². The highest BCUT2D eigenvalue weighted by Gasteiger charge is 2.22. The molecule has 4 N–H and O–H groups in total. The summed E-state index contributed by atoms with van der Waals surface area (Å²) in [5, 5.41) is 48.0. The molecule has 14 nitrogen and oxygen atoms in total. The number of amides is 2. The molecule has 298 valence electrons. The van der Waals surface area contributed by atoms with Crippen molar-refractivity contribution in [1.29, 1.82) is 0 Å². The smallest absolute Gasteiger partial charge is 0.337 e. The summed E-state index contributed by atoms with van der Waals surface area (Å²) in [6.45, 7) is 3.51. The fraction of sp³-hybridized carbons (Fsp3) is 0.0870. The minimum atomic E-state index is -0.616. The summed E-state index contributed by atoms with van der Waals surface area (Å²) in [5.41, 5.74) is 3.61. The van der Waals surface area contributed by atoms with Gasteiger partial charge in [0.05, 0.1) is 47.8 Å². The zero-order valence-corrected chi connectivity index (χ0v) is 32.7. The van der Waals surface area contributed by atoms with E-state index in [1.54, 1.807) is 135 Å². The Morgan fingerprint density at radius 2 is 0.917 bits per heavy atom. The second-order valence-electron chi connectivity index (χ2n) is 13.6. The van der Waals surface area contributed by atoms with Crippen LogP contribution in [0.4, 0.5) is 34.1 Å². The number of hydrogen-bond donors (Lipinski definition) is 4. The lowest BCUT2D eigenvalue weighted by Crippen LogP contribution is -2.16. The molecule has 2 amide bonds. The molecule has 60 heavy (non-hydrogen) atoms. The maximum Gasteiger partial charge on any atom is 0.337 e. The van der Waals surface area contributed by atoms with Crippen LogP contribution in [0, 0.1) is 13.8 Å². The number of aryl methyl sites for hydroxylation is 2. The molecule has 0 spiro atoms. The number of ether oxygens (including phenoxy) is 2. The van der Waals surface area contributed by atoms with Gasteiger partial charge in [-0.3, -0.25) is 9.59 Å². The summed E-state index contributed by atoms with van der Waals surface area (Å²) in [5.74, 6) is -2.98. The third kappa shape index (κ3) is 8.24. The van der Waals surface area contributed by atoms with Crippen LogP contribution in [-0.2, 0) is 9.47 Å². The summed E-state index contributed by atoms with van der Waals surface area (Å²) in [6.07, 6.45) is 0. The van der Waals surface area contributed by atoms with Gasteiger partial charge in [-0.1, -0.05) is 48.5 Å². The molecular weight excluding hydrogens is 765 g/mol. The molecule has 14 heteroatoms. The number of azo groups is 2. The predicted molar refractivity (Wildman–Crippen MR) is 227 cm³/mol. The SMILES string of the molecule is COC(=O)c1ccc(N=Nc2c(O)c(C(=O)Nc3cc(C)c(NC(=O)c4cc5ccccc5c(N=Nc5ccc(C(=O)OC)cc5)c4O)c(C)c3)cc3ccccc23)cc1. The van der Waals surface area contributed by atoms with E-state index in [0.29, 0.717) is 66.5 Å². The topological polar surface area (TPSA) is 201 Å². The van der Waals surface area contributed by atoms with Gasteiger partial charge in [0.2, 0.25) is 0 Å². The van der Waals surface area contributed by atoms with Crippen LogP contribution in [0.25, 0.3) is 21.5 Å². The molecule has 0 heterocycles. The molecule has 0 radical (unpaired) electrons. The van der Waals surface area contributed by atoms with Crippen molar-refractivity contribution in [3.05, 3.63) is 155 Å². The fourth-order valence-corrected chi connectivity index (χ4v) is 6.58. The molecule has 0 fully saturated rings. The van der Waals surface area contributed by atoms with Crippen LogP contribution in [0.1, 0.15) is 52.6 Å². The van der Waals surface area contributed by atoms with Gasteiger partial charge in [0.1, 0.15) is 11.4 Å². The molecule has 0 unspecified atom stereocenters.